The van der Waals surface area contributed by atoms with E-state index in [0.717, 1.165) is 0 Å². The molecule has 0 bridgehead atoms. The number of nitriles is 1. The topological polar surface area (TPSA) is 62.7 Å². The predicted molar refractivity (Wildman–Crippen MR) is 42.9 cm³/mol. The summed E-state index contributed by atoms with van der Waals surface area (Å²) in [6.45, 7) is 0. The van der Waals surface area contributed by atoms with Gasteiger partial charge in [-0.15, -0.1) is 0 Å². The van der Waals surface area contributed by atoms with Crippen LogP contribution in [0.4, 0.5) is 14.6 Å². The third kappa shape index (κ3) is 2.12. The Morgan fingerprint density at radius 1 is 1.62 bits per heavy atom. The summed E-state index contributed by atoms with van der Waals surface area (Å²) in [7, 11) is 0. The molecule has 1 heterocycles. The molecule has 1 aromatic rings. The monoisotopic (exact) mass is 183 g/mol. The van der Waals surface area contributed by atoms with E-state index < -0.39 is 6.43 Å². The molecule has 0 spiro atoms. The number of nitrogens with two attached hydrogens (primary N) is 1. The van der Waals surface area contributed by atoms with Crippen molar-refractivity contribution < 1.29 is 8.78 Å². The van der Waals surface area contributed by atoms with Crippen molar-refractivity contribution in [2.75, 3.05) is 5.73 Å². The lowest BCUT2D eigenvalue weighted by Crippen LogP contribution is -1.99. The van der Waals surface area contributed by atoms with Crippen molar-refractivity contribution in [2.45, 2.75) is 12.8 Å². The van der Waals surface area contributed by atoms with Gasteiger partial charge in [0.2, 0.25) is 0 Å². The Hall–Kier alpha value is -1.70. The fraction of sp³-hybridized carbons (Fsp3) is 0.250. The zero-order valence-electron chi connectivity index (χ0n) is 6.67. The minimum atomic E-state index is -2.65. The minimum Gasteiger partial charge on any atom is -0.383 e. The van der Waals surface area contributed by atoms with Crippen LogP contribution in [-0.4, -0.2) is 4.98 Å². The van der Waals surface area contributed by atoms with E-state index in [1.807, 2.05) is 6.07 Å². The van der Waals surface area contributed by atoms with E-state index in [1.165, 1.54) is 12.3 Å². The number of alkyl halides is 2. The first-order valence-electron chi connectivity index (χ1n) is 3.54. The maximum atomic E-state index is 12.2. The molecular weight excluding hydrogens is 176 g/mol. The second kappa shape index (κ2) is 3.81. The highest BCUT2D eigenvalue weighted by Crippen LogP contribution is 2.23. The average molecular weight is 183 g/mol. The molecule has 1 rings (SSSR count). The highest BCUT2D eigenvalue weighted by Gasteiger charge is 2.12. The molecule has 68 valence electrons. The van der Waals surface area contributed by atoms with E-state index >= 15 is 0 Å². The van der Waals surface area contributed by atoms with Gasteiger partial charge in [0.15, 0.2) is 0 Å². The van der Waals surface area contributed by atoms with E-state index in [4.69, 9.17) is 11.0 Å². The number of nitrogen functional groups attached to an aromatic ring is 1. The van der Waals surface area contributed by atoms with Crippen LogP contribution in [0.2, 0.25) is 0 Å². The molecule has 0 fully saturated rings. The lowest BCUT2D eigenvalue weighted by atomic mass is 10.1. The molecule has 5 heteroatoms. The Morgan fingerprint density at radius 2 is 2.31 bits per heavy atom. The van der Waals surface area contributed by atoms with Gasteiger partial charge < -0.3 is 5.73 Å². The molecular formula is C8H7F2N3. The summed E-state index contributed by atoms with van der Waals surface area (Å²) in [4.78, 5) is 3.57. The van der Waals surface area contributed by atoms with Crippen molar-refractivity contribution in [2.24, 2.45) is 0 Å². The van der Waals surface area contributed by atoms with Crippen molar-refractivity contribution >= 4 is 5.82 Å². The van der Waals surface area contributed by atoms with Crippen LogP contribution in [0.25, 0.3) is 0 Å². The maximum Gasteiger partial charge on any atom is 0.267 e. The number of hydrogen-bond acceptors (Lipinski definition) is 3. The van der Waals surface area contributed by atoms with Gasteiger partial charge in [-0.3, -0.25) is 0 Å². The minimum absolute atomic E-state index is 0.0625. The molecule has 0 radical (unpaired) electrons. The number of hydrogen-bond donors (Lipinski definition) is 1. The van der Waals surface area contributed by atoms with Gasteiger partial charge in [0, 0.05) is 6.20 Å². The highest BCUT2D eigenvalue weighted by molar-refractivity contribution is 5.42. The van der Waals surface area contributed by atoms with Crippen LogP contribution >= 0.6 is 0 Å². The van der Waals surface area contributed by atoms with Crippen molar-refractivity contribution in [3.63, 3.8) is 0 Å². The number of nitrogens with zero attached hydrogens (tertiary/aromatic N) is 2. The van der Waals surface area contributed by atoms with Crippen LogP contribution < -0.4 is 5.73 Å². The summed E-state index contributed by atoms with van der Waals surface area (Å²) in [6.07, 6.45) is -1.26. The molecule has 0 atom stereocenters. The molecule has 2 N–H and O–H groups in total. The van der Waals surface area contributed by atoms with E-state index in [1.54, 1.807) is 0 Å². The fourth-order valence-corrected chi connectivity index (χ4v) is 0.901. The van der Waals surface area contributed by atoms with Gasteiger partial charge in [0.25, 0.3) is 6.43 Å². The molecule has 0 aliphatic heterocycles. The van der Waals surface area contributed by atoms with Gasteiger partial charge in [0.05, 0.1) is 18.1 Å². The van der Waals surface area contributed by atoms with Gasteiger partial charge in [-0.05, 0) is 11.6 Å². The van der Waals surface area contributed by atoms with E-state index in [9.17, 15) is 8.78 Å². The smallest absolute Gasteiger partial charge is 0.267 e. The third-order valence-electron chi connectivity index (χ3n) is 1.52. The van der Waals surface area contributed by atoms with E-state index in [2.05, 4.69) is 4.98 Å². The number of rotatable bonds is 2. The molecule has 0 unspecified atom stereocenters. The second-order valence-electron chi connectivity index (χ2n) is 2.45. The largest absolute Gasteiger partial charge is 0.383 e. The summed E-state index contributed by atoms with van der Waals surface area (Å²) >= 11 is 0. The molecule has 0 saturated carbocycles. The first-order valence-corrected chi connectivity index (χ1v) is 3.54. The summed E-state index contributed by atoms with van der Waals surface area (Å²) in [6, 6.07) is 3.05. The normalized spacial score (nSPS) is 10.0. The van der Waals surface area contributed by atoms with Gasteiger partial charge >= 0.3 is 0 Å². The van der Waals surface area contributed by atoms with E-state index in [0.29, 0.717) is 5.56 Å². The predicted octanol–water partition coefficient (Wildman–Crippen LogP) is 1.67. The molecule has 0 saturated heterocycles. The highest BCUT2D eigenvalue weighted by atomic mass is 19.3. The fourth-order valence-electron chi connectivity index (χ4n) is 0.901. The van der Waals surface area contributed by atoms with Crippen molar-refractivity contribution in [3.8, 4) is 6.07 Å². The van der Waals surface area contributed by atoms with Gasteiger partial charge in [-0.25, -0.2) is 13.8 Å². The summed E-state index contributed by atoms with van der Waals surface area (Å²) < 4.78 is 24.5. The number of halogens is 2. The Bertz CT molecular complexity index is 344. The molecule has 0 amide bonds. The van der Waals surface area contributed by atoms with Crippen molar-refractivity contribution in [3.05, 3.63) is 23.4 Å². The van der Waals surface area contributed by atoms with Crippen LogP contribution in [-0.2, 0) is 6.42 Å². The SMILES string of the molecule is N#CCc1cnc(N)c(C(F)F)c1. The molecule has 1 aromatic heterocycles. The quantitative estimate of drug-likeness (QED) is 0.758. The van der Waals surface area contributed by atoms with Crippen LogP contribution in [0.1, 0.15) is 17.6 Å². The summed E-state index contributed by atoms with van der Waals surface area (Å²) in [5.74, 6) is -0.184. The van der Waals surface area contributed by atoms with Crippen molar-refractivity contribution in [1.29, 1.82) is 5.26 Å². The zero-order chi connectivity index (χ0) is 9.84. The lowest BCUT2D eigenvalue weighted by Gasteiger charge is -2.04. The first kappa shape index (κ1) is 9.39. The zero-order valence-corrected chi connectivity index (χ0v) is 6.67. The van der Waals surface area contributed by atoms with E-state index in [-0.39, 0.29) is 17.8 Å². The second-order valence-corrected chi connectivity index (χ2v) is 2.45. The Kier molecular flexibility index (Phi) is 2.75. The van der Waals surface area contributed by atoms with Crippen LogP contribution in [0.15, 0.2) is 12.3 Å². The van der Waals surface area contributed by atoms with Crippen LogP contribution in [0.3, 0.4) is 0 Å². The average Bonchev–Trinajstić information content (AvgIpc) is 2.08. The van der Waals surface area contributed by atoms with Gasteiger partial charge in [-0.2, -0.15) is 5.26 Å². The molecule has 0 aliphatic carbocycles. The summed E-state index contributed by atoms with van der Waals surface area (Å²) in [5.41, 5.74) is 5.35. The molecule has 0 aromatic carbocycles. The molecule has 0 aliphatic rings. The Morgan fingerprint density at radius 3 is 2.85 bits per heavy atom. The summed E-state index contributed by atoms with van der Waals surface area (Å²) in [5, 5.41) is 8.32. The Balaban J connectivity index is 3.05. The molecule has 3 nitrogen and oxygen atoms in total. The maximum absolute atomic E-state index is 12.2. The standard InChI is InChI=1S/C8H7F2N3/c9-7(10)6-3-5(1-2-11)4-13-8(6)12/h3-4,7H,1H2,(H2,12,13). The first-order chi connectivity index (χ1) is 6.15. The molecule has 13 heavy (non-hydrogen) atoms. The van der Waals surface area contributed by atoms with Gasteiger partial charge in [-0.1, -0.05) is 0 Å². The Labute approximate surface area is 73.8 Å². The van der Waals surface area contributed by atoms with Gasteiger partial charge in [0.1, 0.15) is 5.82 Å². The van der Waals surface area contributed by atoms with Crippen molar-refractivity contribution in [1.82, 2.24) is 4.98 Å². The van der Waals surface area contributed by atoms with Crippen LogP contribution in [0.5, 0.6) is 0 Å². The lowest BCUT2D eigenvalue weighted by molar-refractivity contribution is 0.152. The third-order valence-corrected chi connectivity index (χ3v) is 1.52. The number of pyridine rings is 1. The number of anilines is 1. The van der Waals surface area contributed by atoms with Crippen LogP contribution in [0, 0.1) is 11.3 Å². The number of aromatic nitrogens is 1.